The van der Waals surface area contributed by atoms with E-state index in [-0.39, 0.29) is 0 Å². The van der Waals surface area contributed by atoms with Gasteiger partial charge in [-0.2, -0.15) is 0 Å². The van der Waals surface area contributed by atoms with E-state index in [1.54, 1.807) is 7.11 Å². The molecule has 0 radical (unpaired) electrons. The summed E-state index contributed by atoms with van der Waals surface area (Å²) in [4.78, 5) is 7.11. The molecule has 0 aromatic carbocycles. The number of hydrogen-bond acceptors (Lipinski definition) is 4. The molecule has 0 saturated heterocycles. The van der Waals surface area contributed by atoms with Gasteiger partial charge in [-0.05, 0) is 31.9 Å². The van der Waals surface area contributed by atoms with Crippen LogP contribution in [0, 0.1) is 0 Å². The van der Waals surface area contributed by atoms with Crippen LogP contribution in [0.3, 0.4) is 0 Å². The predicted octanol–water partition coefficient (Wildman–Crippen LogP) is 3.15. The Morgan fingerprint density at radius 2 is 2.15 bits per heavy atom. The Hall–Kier alpha value is -1.13. The topological polar surface area (TPSA) is 37.4 Å². The van der Waals surface area contributed by atoms with Crippen LogP contribution < -0.4 is 5.32 Å². The van der Waals surface area contributed by atoms with Crippen molar-refractivity contribution in [2.24, 2.45) is 0 Å². The number of pyridine rings is 1. The Morgan fingerprint density at radius 1 is 1.35 bits per heavy atom. The molecular weight excluding hydrogens is 250 g/mol. The van der Waals surface area contributed by atoms with Crippen LogP contribution in [0.1, 0.15) is 39.3 Å². The first-order chi connectivity index (χ1) is 9.71. The van der Waals surface area contributed by atoms with Crippen molar-refractivity contribution in [1.29, 1.82) is 0 Å². The van der Waals surface area contributed by atoms with Crippen LogP contribution >= 0.6 is 0 Å². The number of anilines is 1. The quantitative estimate of drug-likeness (QED) is 0.714. The van der Waals surface area contributed by atoms with Crippen LogP contribution in [0.5, 0.6) is 0 Å². The van der Waals surface area contributed by atoms with E-state index in [2.05, 4.69) is 48.1 Å². The average molecular weight is 279 g/mol. The number of aromatic nitrogens is 1. The summed E-state index contributed by atoms with van der Waals surface area (Å²) in [6, 6.07) is 6.74. The maximum Gasteiger partial charge on any atom is 0.126 e. The molecule has 20 heavy (non-hydrogen) atoms. The second-order valence-electron chi connectivity index (χ2n) is 5.16. The molecule has 1 N–H and O–H groups in total. The highest BCUT2D eigenvalue weighted by atomic mass is 16.5. The first kappa shape index (κ1) is 16.9. The van der Waals surface area contributed by atoms with E-state index in [0.717, 1.165) is 50.6 Å². The Bertz CT molecular complexity index is 370. The monoisotopic (exact) mass is 279 g/mol. The fraction of sp³-hybridized carbons (Fsp3) is 0.688. The summed E-state index contributed by atoms with van der Waals surface area (Å²) in [5.74, 6) is 0.972. The van der Waals surface area contributed by atoms with E-state index in [1.165, 1.54) is 0 Å². The van der Waals surface area contributed by atoms with Crippen LogP contribution in [-0.2, 0) is 11.3 Å². The Labute approximate surface area is 123 Å². The number of rotatable bonds is 10. The lowest BCUT2D eigenvalue weighted by Crippen LogP contribution is -2.35. The Morgan fingerprint density at radius 3 is 2.80 bits per heavy atom. The third-order valence-electron chi connectivity index (χ3n) is 3.52. The molecule has 0 bridgehead atoms. The maximum absolute atomic E-state index is 5.21. The molecule has 0 amide bonds. The van der Waals surface area contributed by atoms with Crippen molar-refractivity contribution in [3.8, 4) is 0 Å². The average Bonchev–Trinajstić information content (AvgIpc) is 2.49. The van der Waals surface area contributed by atoms with Crippen molar-refractivity contribution in [3.05, 3.63) is 23.9 Å². The van der Waals surface area contributed by atoms with Crippen LogP contribution in [-0.4, -0.2) is 42.7 Å². The number of nitrogens with zero attached hydrogens (tertiary/aromatic N) is 2. The minimum absolute atomic E-state index is 0.541. The van der Waals surface area contributed by atoms with Gasteiger partial charge in [0.1, 0.15) is 5.82 Å². The van der Waals surface area contributed by atoms with E-state index in [4.69, 9.17) is 4.74 Å². The van der Waals surface area contributed by atoms with Crippen molar-refractivity contribution in [1.82, 2.24) is 9.88 Å². The van der Waals surface area contributed by atoms with Crippen molar-refractivity contribution < 1.29 is 4.74 Å². The number of hydrogen-bond donors (Lipinski definition) is 1. The number of nitrogens with one attached hydrogen (secondary N) is 1. The van der Waals surface area contributed by atoms with Gasteiger partial charge in [0.25, 0.3) is 0 Å². The maximum atomic E-state index is 5.21. The highest BCUT2D eigenvalue weighted by molar-refractivity contribution is 5.35. The summed E-state index contributed by atoms with van der Waals surface area (Å²) in [5, 5.41) is 3.34. The minimum Gasteiger partial charge on any atom is -0.383 e. The van der Waals surface area contributed by atoms with Crippen LogP contribution in [0.2, 0.25) is 0 Å². The molecule has 4 nitrogen and oxygen atoms in total. The molecule has 1 unspecified atom stereocenters. The van der Waals surface area contributed by atoms with Gasteiger partial charge >= 0.3 is 0 Å². The van der Waals surface area contributed by atoms with Gasteiger partial charge in [0.2, 0.25) is 0 Å². The molecule has 1 heterocycles. The van der Waals surface area contributed by atoms with Crippen molar-refractivity contribution in [2.45, 2.75) is 46.2 Å². The largest absolute Gasteiger partial charge is 0.383 e. The second-order valence-corrected chi connectivity index (χ2v) is 5.16. The third-order valence-corrected chi connectivity index (χ3v) is 3.52. The van der Waals surface area contributed by atoms with E-state index < -0.39 is 0 Å². The zero-order chi connectivity index (χ0) is 14.8. The first-order valence-corrected chi connectivity index (χ1v) is 7.64. The number of ether oxygens (including phenoxy) is 1. The molecule has 1 aromatic rings. The summed E-state index contributed by atoms with van der Waals surface area (Å²) < 4.78 is 5.21. The van der Waals surface area contributed by atoms with Gasteiger partial charge in [0.15, 0.2) is 0 Å². The van der Waals surface area contributed by atoms with Gasteiger partial charge < -0.3 is 10.1 Å². The van der Waals surface area contributed by atoms with Gasteiger partial charge in [-0.3, -0.25) is 4.90 Å². The van der Waals surface area contributed by atoms with E-state index >= 15 is 0 Å². The molecule has 114 valence electrons. The SMILES string of the molecule is CCCNc1cccc(CN(CCOC)C(C)CC)n1. The fourth-order valence-electron chi connectivity index (χ4n) is 2.05. The standard InChI is InChI=1S/C16H29N3O/c1-5-10-17-16-9-7-8-15(18-16)13-19(11-12-20-4)14(3)6-2/h7-9,14H,5-6,10-13H2,1-4H3,(H,17,18). The Kier molecular flexibility index (Phi) is 8.23. The lowest BCUT2D eigenvalue weighted by Gasteiger charge is -2.27. The summed E-state index contributed by atoms with van der Waals surface area (Å²) in [6.45, 7) is 10.2. The Balaban J connectivity index is 2.66. The first-order valence-electron chi connectivity index (χ1n) is 7.64. The minimum atomic E-state index is 0.541. The van der Waals surface area contributed by atoms with Crippen molar-refractivity contribution in [3.63, 3.8) is 0 Å². The molecule has 0 fully saturated rings. The summed E-state index contributed by atoms with van der Waals surface area (Å²) >= 11 is 0. The molecule has 4 heteroatoms. The van der Waals surface area contributed by atoms with E-state index in [0.29, 0.717) is 6.04 Å². The van der Waals surface area contributed by atoms with Gasteiger partial charge in [-0.1, -0.05) is 19.9 Å². The molecule has 0 spiro atoms. The molecule has 1 rings (SSSR count). The van der Waals surface area contributed by atoms with E-state index in [1.807, 2.05) is 6.07 Å². The summed E-state index contributed by atoms with van der Waals surface area (Å²) in [6.07, 6.45) is 2.25. The van der Waals surface area contributed by atoms with Gasteiger partial charge in [0.05, 0.1) is 12.3 Å². The van der Waals surface area contributed by atoms with Gasteiger partial charge in [-0.15, -0.1) is 0 Å². The lowest BCUT2D eigenvalue weighted by molar-refractivity contribution is 0.117. The van der Waals surface area contributed by atoms with Crippen LogP contribution in [0.25, 0.3) is 0 Å². The van der Waals surface area contributed by atoms with Crippen LogP contribution in [0.15, 0.2) is 18.2 Å². The van der Waals surface area contributed by atoms with Crippen LogP contribution in [0.4, 0.5) is 5.82 Å². The smallest absolute Gasteiger partial charge is 0.126 e. The summed E-state index contributed by atoms with van der Waals surface area (Å²) in [5.41, 5.74) is 1.11. The zero-order valence-electron chi connectivity index (χ0n) is 13.4. The van der Waals surface area contributed by atoms with E-state index in [9.17, 15) is 0 Å². The molecular formula is C16H29N3O. The van der Waals surface area contributed by atoms with Gasteiger partial charge in [0, 0.05) is 32.8 Å². The fourth-order valence-corrected chi connectivity index (χ4v) is 2.05. The lowest BCUT2D eigenvalue weighted by atomic mass is 10.2. The highest BCUT2D eigenvalue weighted by Gasteiger charge is 2.13. The molecule has 0 aliphatic carbocycles. The predicted molar refractivity (Wildman–Crippen MR) is 85.1 cm³/mol. The third kappa shape index (κ3) is 5.88. The summed E-state index contributed by atoms with van der Waals surface area (Å²) in [7, 11) is 1.75. The molecule has 0 aliphatic rings. The number of methoxy groups -OCH3 is 1. The van der Waals surface area contributed by atoms with Gasteiger partial charge in [-0.25, -0.2) is 4.98 Å². The molecule has 0 saturated carbocycles. The zero-order valence-corrected chi connectivity index (χ0v) is 13.4. The van der Waals surface area contributed by atoms with Crippen molar-refractivity contribution >= 4 is 5.82 Å². The molecule has 1 atom stereocenters. The normalized spacial score (nSPS) is 12.7. The molecule has 0 aliphatic heterocycles. The van der Waals surface area contributed by atoms with Crippen molar-refractivity contribution in [2.75, 3.05) is 32.1 Å². The second kappa shape index (κ2) is 9.72. The highest BCUT2D eigenvalue weighted by Crippen LogP contribution is 2.11. The molecule has 1 aromatic heterocycles.